The highest BCUT2D eigenvalue weighted by Gasteiger charge is 2.18. The van der Waals surface area contributed by atoms with Gasteiger partial charge in [-0.2, -0.15) is 0 Å². The molecular weight excluding hydrogens is 423 g/mol. The van der Waals surface area contributed by atoms with Gasteiger partial charge in [-0.05, 0) is 37.1 Å². The van der Waals surface area contributed by atoms with E-state index < -0.39 is 15.9 Å². The van der Waals surface area contributed by atoms with Gasteiger partial charge in [0.2, 0.25) is 0 Å². The fourth-order valence-corrected chi connectivity index (χ4v) is 4.07. The minimum absolute atomic E-state index is 0.0320. The number of nitrogens with zero attached hydrogens (tertiary/aromatic N) is 2. The molecule has 0 unspecified atom stereocenters. The summed E-state index contributed by atoms with van der Waals surface area (Å²) in [6.45, 7) is 0.617. The molecule has 3 rings (SSSR count). The summed E-state index contributed by atoms with van der Waals surface area (Å²) in [6, 6.07) is 7.36. The Morgan fingerprint density at radius 2 is 1.93 bits per heavy atom. The van der Waals surface area contributed by atoms with Gasteiger partial charge in [-0.1, -0.05) is 35.7 Å². The highest BCUT2D eigenvalue weighted by Crippen LogP contribution is 2.21. The molecule has 1 aromatic heterocycles. The zero-order valence-electron chi connectivity index (χ0n) is 14.8. The Bertz CT molecular complexity index is 1030. The second-order valence-corrected chi connectivity index (χ2v) is 8.67. The monoisotopic (exact) mass is 440 g/mol. The number of hydrogen-bond donors (Lipinski definition) is 2. The number of sulfonamides is 1. The zero-order valence-corrected chi connectivity index (χ0v) is 17.1. The molecule has 0 bridgehead atoms. The Balaban J connectivity index is 1.76. The molecule has 1 amide bonds. The van der Waals surface area contributed by atoms with Crippen molar-refractivity contribution < 1.29 is 13.2 Å². The lowest BCUT2D eigenvalue weighted by Crippen LogP contribution is -2.30. The maximum Gasteiger partial charge on any atom is 0.262 e. The molecule has 0 atom stereocenters. The number of amidine groups is 1. The Morgan fingerprint density at radius 3 is 2.71 bits per heavy atom. The summed E-state index contributed by atoms with van der Waals surface area (Å²) in [5.74, 6) is -0.0180. The molecule has 1 aromatic carbocycles. The van der Waals surface area contributed by atoms with E-state index in [4.69, 9.17) is 23.2 Å². The van der Waals surface area contributed by atoms with Crippen molar-refractivity contribution in [3.05, 3.63) is 52.3 Å². The topological polar surface area (TPSA) is 101 Å². The lowest BCUT2D eigenvalue weighted by Gasteiger charge is -2.11. The average molecular weight is 441 g/mol. The molecule has 2 aromatic rings. The van der Waals surface area contributed by atoms with Gasteiger partial charge in [-0.25, -0.2) is 13.4 Å². The average Bonchev–Trinajstić information content (AvgIpc) is 2.92. The number of nitrogens with one attached hydrogen (secondary N) is 2. The number of anilines is 1. The lowest BCUT2D eigenvalue weighted by molar-refractivity contribution is 0.102. The SMILES string of the molecule is O=C(Nc1cccc(S(=O)(=O)NC2=NCCCCC2)c1)c1cnc(Cl)c(Cl)c1. The van der Waals surface area contributed by atoms with E-state index in [1.54, 1.807) is 12.1 Å². The molecule has 0 saturated carbocycles. The number of carbonyl (C=O) groups is 1. The summed E-state index contributed by atoms with van der Waals surface area (Å²) >= 11 is 11.6. The van der Waals surface area contributed by atoms with Crippen molar-refractivity contribution in [3.63, 3.8) is 0 Å². The molecule has 10 heteroatoms. The Morgan fingerprint density at radius 1 is 1.11 bits per heavy atom. The van der Waals surface area contributed by atoms with Gasteiger partial charge in [0.25, 0.3) is 15.9 Å². The van der Waals surface area contributed by atoms with Crippen molar-refractivity contribution in [1.29, 1.82) is 0 Å². The number of pyridine rings is 1. The molecule has 1 aliphatic rings. The molecule has 28 heavy (non-hydrogen) atoms. The first-order chi connectivity index (χ1) is 13.3. The molecule has 0 radical (unpaired) electrons. The standard InChI is InChI=1S/C18H18Cl2N4O3S/c19-15-9-12(11-22-17(15)20)18(25)23-13-5-4-6-14(10-13)28(26,27)24-16-7-2-1-3-8-21-16/h4-6,9-11H,1-3,7-8H2,(H,21,24)(H,23,25). The van der Waals surface area contributed by atoms with Gasteiger partial charge in [0, 0.05) is 24.8 Å². The maximum absolute atomic E-state index is 12.7. The van der Waals surface area contributed by atoms with Crippen molar-refractivity contribution in [2.45, 2.75) is 30.6 Å². The number of halogens is 2. The summed E-state index contributed by atoms with van der Waals surface area (Å²) in [7, 11) is -3.79. The van der Waals surface area contributed by atoms with Crippen LogP contribution in [0.2, 0.25) is 10.2 Å². The third-order valence-corrected chi connectivity index (χ3v) is 6.15. The van der Waals surface area contributed by atoms with Crippen LogP contribution in [0, 0.1) is 0 Å². The third-order valence-electron chi connectivity index (χ3n) is 4.09. The van der Waals surface area contributed by atoms with E-state index >= 15 is 0 Å². The molecule has 1 aliphatic heterocycles. The Labute approximate surface area is 173 Å². The first-order valence-electron chi connectivity index (χ1n) is 8.64. The van der Waals surface area contributed by atoms with Gasteiger partial charge >= 0.3 is 0 Å². The van der Waals surface area contributed by atoms with E-state index in [2.05, 4.69) is 20.0 Å². The number of aromatic nitrogens is 1. The minimum atomic E-state index is -3.79. The van der Waals surface area contributed by atoms with Gasteiger partial charge < -0.3 is 5.32 Å². The smallest absolute Gasteiger partial charge is 0.262 e. The second-order valence-electron chi connectivity index (χ2n) is 6.22. The predicted molar refractivity (Wildman–Crippen MR) is 110 cm³/mol. The molecular formula is C18H18Cl2N4O3S. The molecule has 0 fully saturated rings. The van der Waals surface area contributed by atoms with Crippen LogP contribution in [0.1, 0.15) is 36.0 Å². The molecule has 2 N–H and O–H groups in total. The fraction of sp³-hybridized carbons (Fsp3) is 0.278. The Kier molecular flexibility index (Phi) is 6.53. The van der Waals surface area contributed by atoms with Gasteiger partial charge in [0.1, 0.15) is 11.0 Å². The molecule has 7 nitrogen and oxygen atoms in total. The van der Waals surface area contributed by atoms with Gasteiger partial charge in [0.15, 0.2) is 0 Å². The summed E-state index contributed by atoms with van der Waals surface area (Å²) in [6.07, 6.45) is 4.77. The van der Waals surface area contributed by atoms with E-state index in [0.717, 1.165) is 19.3 Å². The summed E-state index contributed by atoms with van der Waals surface area (Å²) in [4.78, 5) is 20.5. The molecule has 148 valence electrons. The maximum atomic E-state index is 12.7. The van der Waals surface area contributed by atoms with E-state index in [1.165, 1.54) is 24.4 Å². The van der Waals surface area contributed by atoms with E-state index in [9.17, 15) is 13.2 Å². The van der Waals surface area contributed by atoms with Crippen molar-refractivity contribution in [1.82, 2.24) is 9.71 Å². The summed E-state index contributed by atoms with van der Waals surface area (Å²) in [5, 5.41) is 2.88. The van der Waals surface area contributed by atoms with Crippen molar-refractivity contribution in [2.24, 2.45) is 4.99 Å². The van der Waals surface area contributed by atoms with Gasteiger partial charge in [-0.3, -0.25) is 14.5 Å². The minimum Gasteiger partial charge on any atom is -0.322 e. The van der Waals surface area contributed by atoms with Crippen LogP contribution >= 0.6 is 23.2 Å². The third kappa shape index (κ3) is 5.21. The quantitative estimate of drug-likeness (QED) is 0.703. The largest absolute Gasteiger partial charge is 0.322 e. The van der Waals surface area contributed by atoms with Gasteiger partial charge in [-0.15, -0.1) is 0 Å². The first-order valence-corrected chi connectivity index (χ1v) is 10.9. The van der Waals surface area contributed by atoms with Crippen LogP contribution in [0.4, 0.5) is 5.69 Å². The number of carbonyl (C=O) groups excluding carboxylic acids is 1. The first kappa shape index (κ1) is 20.6. The molecule has 0 spiro atoms. The number of rotatable bonds is 4. The number of aliphatic imine (C=N–C) groups is 1. The van der Waals surface area contributed by atoms with Gasteiger partial charge in [0.05, 0.1) is 15.5 Å². The second kappa shape index (κ2) is 8.89. The molecule has 0 saturated heterocycles. The van der Waals surface area contributed by atoms with Crippen molar-refractivity contribution in [3.8, 4) is 0 Å². The van der Waals surface area contributed by atoms with Crippen LogP contribution in [0.15, 0.2) is 46.4 Å². The highest BCUT2D eigenvalue weighted by molar-refractivity contribution is 7.90. The predicted octanol–water partition coefficient (Wildman–Crippen LogP) is 3.89. The van der Waals surface area contributed by atoms with E-state index in [0.29, 0.717) is 24.5 Å². The lowest BCUT2D eigenvalue weighted by atomic mass is 10.2. The Hall–Kier alpha value is -2.16. The number of amides is 1. The zero-order chi connectivity index (χ0) is 20.1. The van der Waals surface area contributed by atoms with E-state index in [1.807, 2.05) is 0 Å². The molecule has 0 aliphatic carbocycles. The van der Waals surface area contributed by atoms with Crippen LogP contribution in [0.3, 0.4) is 0 Å². The van der Waals surface area contributed by atoms with Crippen LogP contribution in [-0.4, -0.2) is 31.7 Å². The van der Waals surface area contributed by atoms with E-state index in [-0.39, 0.29) is 20.6 Å². The summed E-state index contributed by atoms with van der Waals surface area (Å²) in [5.41, 5.74) is 0.523. The van der Waals surface area contributed by atoms with Crippen LogP contribution in [-0.2, 0) is 10.0 Å². The molecule has 2 heterocycles. The van der Waals surface area contributed by atoms with Crippen molar-refractivity contribution in [2.75, 3.05) is 11.9 Å². The number of hydrogen-bond acceptors (Lipinski definition) is 5. The highest BCUT2D eigenvalue weighted by atomic mass is 35.5. The van der Waals surface area contributed by atoms with Crippen LogP contribution < -0.4 is 10.0 Å². The summed E-state index contributed by atoms with van der Waals surface area (Å²) < 4.78 is 27.9. The van der Waals surface area contributed by atoms with Crippen molar-refractivity contribution >= 4 is 50.7 Å². The fourth-order valence-electron chi connectivity index (χ4n) is 2.66. The van der Waals surface area contributed by atoms with Crippen LogP contribution in [0.5, 0.6) is 0 Å². The normalized spacial score (nSPS) is 14.7. The number of benzene rings is 1. The van der Waals surface area contributed by atoms with Crippen LogP contribution in [0.25, 0.3) is 0 Å².